The van der Waals surface area contributed by atoms with E-state index in [1.54, 1.807) is 19.1 Å². The molecule has 0 bridgehead atoms. The van der Waals surface area contributed by atoms with Gasteiger partial charge < -0.3 is 19.3 Å². The summed E-state index contributed by atoms with van der Waals surface area (Å²) in [6, 6.07) is 4.58. The molecule has 6 heteroatoms. The minimum absolute atomic E-state index is 0.00560. The average molecular weight is 332 g/mol. The maximum absolute atomic E-state index is 12.3. The Labute approximate surface area is 140 Å². The third-order valence-electron chi connectivity index (χ3n) is 4.21. The summed E-state index contributed by atoms with van der Waals surface area (Å²) in [5, 5.41) is 9.71. The second-order valence-electron chi connectivity index (χ2n) is 5.97. The molecule has 24 heavy (non-hydrogen) atoms. The molecule has 3 rings (SSSR count). The first kappa shape index (κ1) is 16.4. The summed E-state index contributed by atoms with van der Waals surface area (Å²) in [5.41, 5.74) is 0.388. The number of phenols is 1. The molecule has 0 aromatic heterocycles. The zero-order valence-electron chi connectivity index (χ0n) is 13.5. The number of carbonyl (C=O) groups excluding carboxylic acids is 2. The molecule has 1 heterocycles. The van der Waals surface area contributed by atoms with Gasteiger partial charge in [0.1, 0.15) is 5.57 Å². The van der Waals surface area contributed by atoms with E-state index in [0.717, 1.165) is 19.3 Å². The Morgan fingerprint density at radius 3 is 2.46 bits per heavy atom. The summed E-state index contributed by atoms with van der Waals surface area (Å²) in [6.45, 7) is 2.18. The minimum atomic E-state index is -1.09. The van der Waals surface area contributed by atoms with Crippen LogP contribution < -0.4 is 4.74 Å². The molecular weight excluding hydrogens is 312 g/mol. The summed E-state index contributed by atoms with van der Waals surface area (Å²) >= 11 is 0. The van der Waals surface area contributed by atoms with Gasteiger partial charge in [-0.1, -0.05) is 12.5 Å². The monoisotopic (exact) mass is 332 g/mol. The molecule has 2 aliphatic rings. The van der Waals surface area contributed by atoms with Crippen LogP contribution in [0.15, 0.2) is 23.8 Å². The number of rotatable bonds is 3. The number of aromatic hydroxyl groups is 1. The molecular formula is C18H20O6. The normalized spacial score (nSPS) is 19.6. The van der Waals surface area contributed by atoms with Crippen LogP contribution in [-0.2, 0) is 19.1 Å². The number of esters is 2. The van der Waals surface area contributed by atoms with Gasteiger partial charge >= 0.3 is 11.9 Å². The van der Waals surface area contributed by atoms with Gasteiger partial charge in [-0.05, 0) is 43.5 Å². The Balaban J connectivity index is 1.84. The number of benzene rings is 1. The summed E-state index contributed by atoms with van der Waals surface area (Å²) in [6.07, 6.45) is 5.27. The van der Waals surface area contributed by atoms with Gasteiger partial charge in [0.2, 0.25) is 0 Å². The Morgan fingerprint density at radius 2 is 1.83 bits per heavy atom. The van der Waals surface area contributed by atoms with Gasteiger partial charge in [0, 0.05) is 12.8 Å². The molecule has 0 amide bonds. The number of phenolic OH excluding ortho intramolecular Hbond substituents is 1. The van der Waals surface area contributed by atoms with Crippen LogP contribution in [0.3, 0.4) is 0 Å². The molecule has 1 spiro atoms. The van der Waals surface area contributed by atoms with Crippen molar-refractivity contribution in [1.29, 1.82) is 0 Å². The second kappa shape index (κ2) is 6.55. The van der Waals surface area contributed by atoms with E-state index >= 15 is 0 Å². The average Bonchev–Trinajstić information content (AvgIpc) is 2.55. The summed E-state index contributed by atoms with van der Waals surface area (Å²) < 4.78 is 16.2. The lowest BCUT2D eigenvalue weighted by Gasteiger charge is -2.38. The fourth-order valence-electron chi connectivity index (χ4n) is 3.02. The molecule has 128 valence electrons. The molecule has 1 aromatic carbocycles. The zero-order valence-corrected chi connectivity index (χ0v) is 13.5. The molecule has 1 saturated heterocycles. The van der Waals surface area contributed by atoms with Crippen LogP contribution >= 0.6 is 0 Å². The van der Waals surface area contributed by atoms with Crippen LogP contribution in [0.1, 0.15) is 44.6 Å². The predicted octanol–water partition coefficient (Wildman–Crippen LogP) is 2.93. The van der Waals surface area contributed by atoms with E-state index in [1.807, 2.05) is 0 Å². The third kappa shape index (κ3) is 3.22. The lowest BCUT2D eigenvalue weighted by molar-refractivity contribution is -0.244. The molecule has 1 aliphatic carbocycles. The van der Waals surface area contributed by atoms with Crippen LogP contribution in [0.4, 0.5) is 0 Å². The van der Waals surface area contributed by atoms with Crippen LogP contribution in [0, 0.1) is 0 Å². The summed E-state index contributed by atoms with van der Waals surface area (Å²) in [5.74, 6) is -2.14. The largest absolute Gasteiger partial charge is 0.504 e. The van der Waals surface area contributed by atoms with Crippen molar-refractivity contribution in [3.8, 4) is 11.5 Å². The van der Waals surface area contributed by atoms with Crippen LogP contribution in [0.5, 0.6) is 11.5 Å². The van der Waals surface area contributed by atoms with Crippen LogP contribution in [0.25, 0.3) is 6.08 Å². The van der Waals surface area contributed by atoms with E-state index in [9.17, 15) is 14.7 Å². The highest BCUT2D eigenvalue weighted by molar-refractivity contribution is 6.18. The van der Waals surface area contributed by atoms with E-state index in [1.165, 1.54) is 12.1 Å². The van der Waals surface area contributed by atoms with Gasteiger partial charge in [-0.15, -0.1) is 0 Å². The van der Waals surface area contributed by atoms with Gasteiger partial charge in [0.25, 0.3) is 5.79 Å². The standard InChI is InChI=1S/C18H20O6/c1-2-22-15-11-12(6-7-14(15)19)10-13-16(20)23-18(24-17(13)21)8-4-3-5-9-18/h6-7,10-11,19H,2-5,8-9H2,1H3. The molecule has 2 fully saturated rings. The first-order valence-electron chi connectivity index (χ1n) is 8.17. The SMILES string of the molecule is CCOc1cc(C=C2C(=O)OC3(CCCCC3)OC2=O)ccc1O. The van der Waals surface area contributed by atoms with Crippen molar-refractivity contribution >= 4 is 18.0 Å². The Bertz CT molecular complexity index is 663. The van der Waals surface area contributed by atoms with Crippen molar-refractivity contribution in [3.05, 3.63) is 29.3 Å². The predicted molar refractivity (Wildman–Crippen MR) is 85.3 cm³/mol. The second-order valence-corrected chi connectivity index (χ2v) is 5.97. The van der Waals surface area contributed by atoms with Crippen molar-refractivity contribution in [1.82, 2.24) is 0 Å². The van der Waals surface area contributed by atoms with Gasteiger partial charge in [-0.25, -0.2) is 9.59 Å². The maximum atomic E-state index is 12.3. The number of carbonyl (C=O) groups is 2. The van der Waals surface area contributed by atoms with E-state index in [2.05, 4.69) is 0 Å². The molecule has 0 radical (unpaired) electrons. The van der Waals surface area contributed by atoms with Crippen LogP contribution in [-0.4, -0.2) is 29.4 Å². The van der Waals surface area contributed by atoms with Crippen LogP contribution in [0.2, 0.25) is 0 Å². The van der Waals surface area contributed by atoms with Crippen molar-refractivity contribution in [2.45, 2.75) is 44.8 Å². The van der Waals surface area contributed by atoms with E-state index in [4.69, 9.17) is 14.2 Å². The van der Waals surface area contributed by atoms with Gasteiger partial charge in [-0.2, -0.15) is 0 Å². The fraction of sp³-hybridized carbons (Fsp3) is 0.444. The highest BCUT2D eigenvalue weighted by atomic mass is 16.7. The highest BCUT2D eigenvalue weighted by Gasteiger charge is 2.46. The van der Waals surface area contributed by atoms with Crippen molar-refractivity contribution in [2.75, 3.05) is 6.61 Å². The van der Waals surface area contributed by atoms with Gasteiger partial charge in [0.05, 0.1) is 6.61 Å². The third-order valence-corrected chi connectivity index (χ3v) is 4.21. The lowest BCUT2D eigenvalue weighted by atomic mass is 9.93. The quantitative estimate of drug-likeness (QED) is 0.521. The first-order chi connectivity index (χ1) is 11.5. The Morgan fingerprint density at radius 1 is 1.17 bits per heavy atom. The molecule has 6 nitrogen and oxygen atoms in total. The number of hydrogen-bond donors (Lipinski definition) is 1. The summed E-state index contributed by atoms with van der Waals surface area (Å²) in [4.78, 5) is 24.6. The molecule has 0 unspecified atom stereocenters. The van der Waals surface area contributed by atoms with Crippen molar-refractivity contribution in [3.63, 3.8) is 0 Å². The highest BCUT2D eigenvalue weighted by Crippen LogP contribution is 2.37. The van der Waals surface area contributed by atoms with E-state index < -0.39 is 17.7 Å². The Kier molecular flexibility index (Phi) is 4.46. The smallest absolute Gasteiger partial charge is 0.348 e. The number of ether oxygens (including phenoxy) is 3. The zero-order chi connectivity index (χ0) is 17.2. The van der Waals surface area contributed by atoms with Crippen molar-refractivity contribution in [2.24, 2.45) is 0 Å². The minimum Gasteiger partial charge on any atom is -0.504 e. The maximum Gasteiger partial charge on any atom is 0.348 e. The molecule has 0 atom stereocenters. The van der Waals surface area contributed by atoms with Crippen molar-refractivity contribution < 1.29 is 28.9 Å². The van der Waals surface area contributed by atoms with Gasteiger partial charge in [-0.3, -0.25) is 0 Å². The topological polar surface area (TPSA) is 82.1 Å². The molecule has 1 N–H and O–H groups in total. The first-order valence-corrected chi connectivity index (χ1v) is 8.17. The number of hydrogen-bond acceptors (Lipinski definition) is 6. The fourth-order valence-corrected chi connectivity index (χ4v) is 3.02. The summed E-state index contributed by atoms with van der Waals surface area (Å²) in [7, 11) is 0. The molecule has 1 aromatic rings. The molecule has 1 saturated carbocycles. The molecule has 1 aliphatic heterocycles. The van der Waals surface area contributed by atoms with Gasteiger partial charge in [0.15, 0.2) is 11.5 Å². The van der Waals surface area contributed by atoms with E-state index in [0.29, 0.717) is 25.0 Å². The Hall–Kier alpha value is -2.50. The lowest BCUT2D eigenvalue weighted by Crippen LogP contribution is -2.47. The van der Waals surface area contributed by atoms with E-state index in [-0.39, 0.29) is 17.1 Å².